The van der Waals surface area contributed by atoms with Crippen molar-refractivity contribution in [2.24, 2.45) is 0 Å². The first-order valence-corrected chi connectivity index (χ1v) is 23.8. The smallest absolute Gasteiger partial charge is 0.326 e. The summed E-state index contributed by atoms with van der Waals surface area (Å²) in [5.74, 6) is -4.25. The van der Waals surface area contributed by atoms with Crippen molar-refractivity contribution in [1.82, 2.24) is 31.6 Å². The molecule has 5 atom stereocenters. The number of hydrogen-bond donors (Lipinski definition) is 7. The Morgan fingerprint density at radius 1 is 0.592 bits per heavy atom. The second-order valence-corrected chi connectivity index (χ2v) is 17.7. The zero-order valence-electron chi connectivity index (χ0n) is 39.0. The second kappa shape index (κ2) is 23.7. The highest BCUT2D eigenvalue weighted by molar-refractivity contribution is 5.97. The van der Waals surface area contributed by atoms with E-state index in [-0.39, 0.29) is 32.1 Å². The molecule has 0 fully saturated rings. The van der Waals surface area contributed by atoms with E-state index in [4.69, 9.17) is 4.74 Å². The quantitative estimate of drug-likeness (QED) is 0.0640. The molecule has 7 N–H and O–H groups in total. The molecular formula is C57H56N6O8. The SMILES string of the molecule is O=C1COc2ccc(cc2)C[C@@H](C(=O)N[C@H](CCc2ccccc2)C(=O)O)NC(=O)[C@H](CCc2ccccc2)NC(=O)[C@@H](Cc2ccc(-c3ccccc3)cc2)NC(=O)[C@H](Cc2c[nH]c3ccccc23)N1. The van der Waals surface area contributed by atoms with E-state index in [0.29, 0.717) is 29.7 Å². The predicted octanol–water partition coefficient (Wildman–Crippen LogP) is 6.03. The number of aliphatic carboxylic acids is 1. The number of aromatic amines is 1. The lowest BCUT2D eigenvalue weighted by atomic mass is 9.98. The number of fused-ring (bicyclic) bond motifs is 17. The Hall–Kier alpha value is -8.52. The van der Waals surface area contributed by atoms with Crippen LogP contribution in [0.5, 0.6) is 5.75 Å². The lowest BCUT2D eigenvalue weighted by Crippen LogP contribution is -2.59. The molecule has 2 aliphatic rings. The molecule has 1 aromatic heterocycles. The van der Waals surface area contributed by atoms with Crippen LogP contribution in [0.4, 0.5) is 0 Å². The van der Waals surface area contributed by atoms with Gasteiger partial charge in [-0.2, -0.15) is 0 Å². The molecular weight excluding hydrogens is 897 g/mol. The van der Waals surface area contributed by atoms with Crippen molar-refractivity contribution < 1.29 is 38.6 Å². The molecule has 2 bridgehead atoms. The van der Waals surface area contributed by atoms with Gasteiger partial charge in [0.05, 0.1) is 0 Å². The molecule has 0 unspecified atom stereocenters. The zero-order valence-corrected chi connectivity index (χ0v) is 39.0. The van der Waals surface area contributed by atoms with E-state index in [0.717, 1.165) is 38.7 Å². The molecule has 5 amide bonds. The van der Waals surface area contributed by atoms with Gasteiger partial charge in [0.1, 0.15) is 36.0 Å². The van der Waals surface area contributed by atoms with Crippen LogP contribution in [-0.2, 0) is 60.9 Å². The first-order valence-electron chi connectivity index (χ1n) is 23.8. The summed E-state index contributed by atoms with van der Waals surface area (Å²) in [4.78, 5) is 87.9. The Morgan fingerprint density at radius 3 is 1.85 bits per heavy atom. The van der Waals surface area contributed by atoms with Crippen LogP contribution in [0.15, 0.2) is 170 Å². The monoisotopic (exact) mass is 952 g/mol. The van der Waals surface area contributed by atoms with Crippen LogP contribution in [0, 0.1) is 0 Å². The number of rotatable bonds is 14. The van der Waals surface area contributed by atoms with Gasteiger partial charge in [-0.3, -0.25) is 24.0 Å². The van der Waals surface area contributed by atoms with Crippen molar-refractivity contribution in [2.45, 2.75) is 75.2 Å². The molecule has 14 heteroatoms. The third-order valence-corrected chi connectivity index (χ3v) is 12.6. The third-order valence-electron chi connectivity index (χ3n) is 12.6. The van der Waals surface area contributed by atoms with Crippen molar-refractivity contribution in [2.75, 3.05) is 6.61 Å². The van der Waals surface area contributed by atoms with E-state index in [1.54, 1.807) is 30.5 Å². The Balaban J connectivity index is 1.12. The maximum absolute atomic E-state index is 14.9. The summed E-state index contributed by atoms with van der Waals surface area (Å²) >= 11 is 0. The number of H-pyrrole nitrogens is 1. The van der Waals surface area contributed by atoms with Crippen LogP contribution < -0.4 is 31.3 Å². The van der Waals surface area contributed by atoms with E-state index in [1.165, 1.54) is 0 Å². The highest BCUT2D eigenvalue weighted by Gasteiger charge is 2.33. The van der Waals surface area contributed by atoms with Crippen molar-refractivity contribution in [3.63, 3.8) is 0 Å². The van der Waals surface area contributed by atoms with E-state index in [2.05, 4.69) is 31.6 Å². The average molecular weight is 953 g/mol. The van der Waals surface area contributed by atoms with E-state index >= 15 is 0 Å². The minimum Gasteiger partial charge on any atom is -0.484 e. The van der Waals surface area contributed by atoms with Gasteiger partial charge in [0.25, 0.3) is 5.91 Å². The number of hydrogen-bond acceptors (Lipinski definition) is 7. The summed E-state index contributed by atoms with van der Waals surface area (Å²) in [7, 11) is 0. The van der Waals surface area contributed by atoms with Crippen LogP contribution in [-0.4, -0.2) is 82.4 Å². The molecule has 2 aliphatic heterocycles. The molecule has 0 radical (unpaired) electrons. The van der Waals surface area contributed by atoms with Crippen molar-refractivity contribution in [3.8, 4) is 16.9 Å². The summed E-state index contributed by atoms with van der Waals surface area (Å²) in [6.45, 7) is -0.446. The first kappa shape index (κ1) is 48.9. The lowest BCUT2D eigenvalue weighted by molar-refractivity contribution is -0.142. The molecule has 0 aliphatic carbocycles. The van der Waals surface area contributed by atoms with Crippen LogP contribution in [0.25, 0.3) is 22.0 Å². The molecule has 14 nitrogen and oxygen atoms in total. The summed E-state index contributed by atoms with van der Waals surface area (Å²) in [6, 6.07) is 44.1. The van der Waals surface area contributed by atoms with E-state index < -0.39 is 72.3 Å². The Morgan fingerprint density at radius 2 is 1.17 bits per heavy atom. The molecule has 0 saturated heterocycles. The summed E-state index contributed by atoms with van der Waals surface area (Å²) < 4.78 is 5.87. The zero-order chi connectivity index (χ0) is 49.5. The molecule has 6 aromatic carbocycles. The fourth-order valence-electron chi connectivity index (χ4n) is 8.72. The van der Waals surface area contributed by atoms with Gasteiger partial charge in [0, 0.05) is 36.4 Å². The van der Waals surface area contributed by atoms with Crippen LogP contribution in [0.3, 0.4) is 0 Å². The number of carboxylic acid groups (broad SMARTS) is 1. The number of aryl methyl sites for hydroxylation is 2. The number of carbonyl (C=O) groups is 6. The third kappa shape index (κ3) is 13.6. The summed E-state index contributed by atoms with van der Waals surface area (Å²) in [5.41, 5.74) is 6.64. The van der Waals surface area contributed by atoms with Crippen molar-refractivity contribution >= 4 is 46.4 Å². The highest BCUT2D eigenvalue weighted by atomic mass is 16.5. The van der Waals surface area contributed by atoms with Gasteiger partial charge in [0.2, 0.25) is 23.6 Å². The number of carboxylic acids is 1. The minimum atomic E-state index is -1.29. The van der Waals surface area contributed by atoms with Gasteiger partial charge < -0.3 is 41.4 Å². The largest absolute Gasteiger partial charge is 0.484 e. The lowest BCUT2D eigenvalue weighted by Gasteiger charge is -2.27. The minimum absolute atomic E-state index is 0.00903. The molecule has 9 rings (SSSR count). The molecule has 0 spiro atoms. The number of nitrogens with one attached hydrogen (secondary N) is 6. The standard InChI is InChI=1S/C57H56N6O8/c64-52-36-71-44-28-22-40(23-29-44)33-50(55(67)61-48(57(69)70)31-25-38-14-6-2-7-15-38)62-53(65)47(30-24-37-12-4-1-5-13-37)60-54(66)49(32-39-20-26-42(27-21-39)41-16-8-3-9-17-41)63-56(68)51(59-52)34-43-35-58-46-19-11-10-18-45(43)46/h1-23,26-29,35,47-51,58H,24-25,30-34,36H2,(H,59,64)(H,60,66)(H,61,67)(H,62,65)(H,63,68)(H,69,70)/t47-,48+,49+,50-,51-/m0/s1. The van der Waals surface area contributed by atoms with Gasteiger partial charge in [-0.25, -0.2) is 4.79 Å². The fourth-order valence-corrected chi connectivity index (χ4v) is 8.72. The number of para-hydroxylation sites is 1. The highest BCUT2D eigenvalue weighted by Crippen LogP contribution is 2.22. The van der Waals surface area contributed by atoms with Crippen LogP contribution >= 0.6 is 0 Å². The summed E-state index contributed by atoms with van der Waals surface area (Å²) in [6.07, 6.45) is 2.72. The number of amides is 5. The van der Waals surface area contributed by atoms with E-state index in [9.17, 15) is 33.9 Å². The first-order chi connectivity index (χ1) is 34.5. The van der Waals surface area contributed by atoms with Crippen LogP contribution in [0.2, 0.25) is 0 Å². The Labute approximate surface area is 411 Å². The molecule has 7 aromatic rings. The second-order valence-electron chi connectivity index (χ2n) is 17.7. The molecule has 362 valence electrons. The normalized spacial score (nSPS) is 18.3. The molecule has 0 saturated carbocycles. The van der Waals surface area contributed by atoms with Gasteiger partial charge in [-0.05, 0) is 82.8 Å². The number of carbonyl (C=O) groups excluding carboxylic acids is 5. The molecule has 3 heterocycles. The van der Waals surface area contributed by atoms with Gasteiger partial charge in [-0.1, -0.05) is 146 Å². The summed E-state index contributed by atoms with van der Waals surface area (Å²) in [5, 5.41) is 25.3. The van der Waals surface area contributed by atoms with Gasteiger partial charge in [0.15, 0.2) is 6.61 Å². The van der Waals surface area contributed by atoms with Crippen molar-refractivity contribution in [1.29, 1.82) is 0 Å². The Bertz CT molecular complexity index is 2930. The van der Waals surface area contributed by atoms with Crippen LogP contribution in [0.1, 0.15) is 40.7 Å². The average Bonchev–Trinajstić information content (AvgIpc) is 3.80. The number of ether oxygens (including phenoxy) is 1. The maximum Gasteiger partial charge on any atom is 0.326 e. The van der Waals surface area contributed by atoms with Gasteiger partial charge >= 0.3 is 5.97 Å². The maximum atomic E-state index is 14.9. The van der Waals surface area contributed by atoms with Gasteiger partial charge in [-0.15, -0.1) is 0 Å². The predicted molar refractivity (Wildman–Crippen MR) is 270 cm³/mol. The van der Waals surface area contributed by atoms with E-state index in [1.807, 2.05) is 140 Å². The topological polar surface area (TPSA) is 208 Å². The van der Waals surface area contributed by atoms with Crippen molar-refractivity contribution in [3.05, 3.63) is 198 Å². The number of benzene rings is 6. The number of aromatic nitrogens is 1. The fraction of sp³-hybridized carbons (Fsp3) is 0.228. The Kier molecular flexibility index (Phi) is 16.3. The molecule has 71 heavy (non-hydrogen) atoms.